The van der Waals surface area contributed by atoms with E-state index in [0.29, 0.717) is 0 Å². The van der Waals surface area contributed by atoms with Crippen LogP contribution in [0.4, 0.5) is 0 Å². The van der Waals surface area contributed by atoms with Crippen molar-refractivity contribution in [2.24, 2.45) is 0 Å². The van der Waals surface area contributed by atoms with Crippen molar-refractivity contribution < 1.29 is 25.2 Å². The zero-order chi connectivity index (χ0) is 10.5. The minimum absolute atomic E-state index is 0.0479. The lowest BCUT2D eigenvalue weighted by molar-refractivity contribution is -0.331. The zero-order valence-corrected chi connectivity index (χ0v) is 7.53. The summed E-state index contributed by atoms with van der Waals surface area (Å²) < 4.78 is 0. The number of thiol groups is 1. The van der Waals surface area contributed by atoms with E-state index < -0.39 is 18.1 Å². The molecule has 0 saturated heterocycles. The molecule has 0 fully saturated rings. The lowest BCUT2D eigenvalue weighted by Gasteiger charge is -2.18. The molecule has 0 saturated carbocycles. The van der Waals surface area contributed by atoms with E-state index in [1.54, 1.807) is 5.32 Å². The summed E-state index contributed by atoms with van der Waals surface area (Å²) >= 11 is 3.74. The van der Waals surface area contributed by atoms with Crippen molar-refractivity contribution >= 4 is 18.6 Å². The van der Waals surface area contributed by atoms with E-state index in [0.717, 1.165) is 0 Å². The molecular formula is C5H12N2O5S. The highest BCUT2D eigenvalue weighted by molar-refractivity contribution is 7.80. The number of carboxylic acid groups (broad SMARTS) is 1. The van der Waals surface area contributed by atoms with E-state index in [1.165, 1.54) is 0 Å². The first-order valence-corrected chi connectivity index (χ1v) is 3.99. The Morgan fingerprint density at radius 2 is 2.00 bits per heavy atom. The second kappa shape index (κ2) is 5.37. The quantitative estimate of drug-likeness (QED) is 0.186. The van der Waals surface area contributed by atoms with E-state index in [-0.39, 0.29) is 12.4 Å². The van der Waals surface area contributed by atoms with Crippen LogP contribution in [0.3, 0.4) is 0 Å². The fourth-order valence-electron chi connectivity index (χ4n) is 0.523. The van der Waals surface area contributed by atoms with Gasteiger partial charge >= 0.3 is 12.1 Å². The maximum absolute atomic E-state index is 10.4. The summed E-state index contributed by atoms with van der Waals surface area (Å²) in [7, 11) is 0. The molecule has 0 amide bonds. The summed E-state index contributed by atoms with van der Waals surface area (Å²) in [5, 5.41) is 37.6. The van der Waals surface area contributed by atoms with Crippen molar-refractivity contribution in [1.29, 1.82) is 0 Å². The van der Waals surface area contributed by atoms with Crippen molar-refractivity contribution in [3.8, 4) is 0 Å². The van der Waals surface area contributed by atoms with E-state index in [1.807, 2.05) is 0 Å². The fraction of sp³-hybridized carbons (Fsp3) is 0.800. The van der Waals surface area contributed by atoms with E-state index in [4.69, 9.17) is 20.4 Å². The molecule has 0 aliphatic rings. The van der Waals surface area contributed by atoms with Crippen molar-refractivity contribution in [3.05, 3.63) is 0 Å². The number of carbonyl (C=O) groups is 1. The first-order chi connectivity index (χ1) is 5.87. The van der Waals surface area contributed by atoms with Crippen LogP contribution in [-0.4, -0.2) is 51.0 Å². The predicted molar refractivity (Wildman–Crippen MR) is 45.8 cm³/mol. The van der Waals surface area contributed by atoms with Gasteiger partial charge in [-0.1, -0.05) is 0 Å². The molecule has 0 rings (SSSR count). The Hall–Kier alpha value is -0.380. The van der Waals surface area contributed by atoms with Gasteiger partial charge in [-0.05, 0) is 0 Å². The normalized spacial score (nSPS) is 14.2. The van der Waals surface area contributed by atoms with Crippen molar-refractivity contribution in [1.82, 2.24) is 10.6 Å². The molecule has 0 bridgehead atoms. The van der Waals surface area contributed by atoms with Gasteiger partial charge in [-0.2, -0.15) is 12.6 Å². The van der Waals surface area contributed by atoms with Gasteiger partial charge in [0.2, 0.25) is 0 Å². The van der Waals surface area contributed by atoms with Gasteiger partial charge in [-0.25, -0.2) is 5.32 Å². The van der Waals surface area contributed by atoms with Crippen LogP contribution in [0, 0.1) is 0 Å². The third kappa shape index (κ3) is 6.75. The number of rotatable bonds is 6. The van der Waals surface area contributed by atoms with Crippen LogP contribution in [0.1, 0.15) is 0 Å². The molecular weight excluding hydrogens is 200 g/mol. The molecule has 0 heterocycles. The molecule has 0 spiro atoms. The highest BCUT2D eigenvalue weighted by atomic mass is 32.1. The predicted octanol–water partition coefficient (Wildman–Crippen LogP) is -2.91. The maximum atomic E-state index is 10.4. The topological polar surface area (TPSA) is 122 Å². The molecule has 1 atom stereocenters. The van der Waals surface area contributed by atoms with Gasteiger partial charge in [-0.3, -0.25) is 10.1 Å². The SMILES string of the molecule is O=C(O)[C@H](CS)NCNC(O)(O)O. The van der Waals surface area contributed by atoms with Gasteiger partial charge in [0.05, 0.1) is 6.67 Å². The largest absolute Gasteiger partial charge is 0.480 e. The van der Waals surface area contributed by atoms with Crippen LogP contribution in [-0.2, 0) is 4.79 Å². The van der Waals surface area contributed by atoms with Crippen LogP contribution in [0.15, 0.2) is 0 Å². The molecule has 13 heavy (non-hydrogen) atoms. The Bertz CT molecular complexity index is 171. The van der Waals surface area contributed by atoms with E-state index >= 15 is 0 Å². The molecule has 0 aromatic rings. The third-order valence-electron chi connectivity index (χ3n) is 1.15. The first kappa shape index (κ1) is 12.6. The Kier molecular flexibility index (Phi) is 5.21. The Morgan fingerprint density at radius 1 is 1.46 bits per heavy atom. The molecule has 6 N–H and O–H groups in total. The molecule has 0 aliphatic heterocycles. The van der Waals surface area contributed by atoms with Crippen LogP contribution in [0.2, 0.25) is 0 Å². The molecule has 7 nitrogen and oxygen atoms in total. The first-order valence-electron chi connectivity index (χ1n) is 3.36. The van der Waals surface area contributed by atoms with Gasteiger partial charge in [0.25, 0.3) is 0 Å². The average Bonchev–Trinajstić information content (AvgIpc) is 1.95. The molecule has 0 aromatic carbocycles. The van der Waals surface area contributed by atoms with Crippen LogP contribution < -0.4 is 10.6 Å². The third-order valence-corrected chi connectivity index (χ3v) is 1.52. The molecule has 0 unspecified atom stereocenters. The standard InChI is InChI=1S/C5H12N2O5S/c8-4(9)3(1-13)6-2-7-5(10,11)12/h3,6-7,10-13H,1-2H2,(H,8,9)/t3-/m0/s1. The van der Waals surface area contributed by atoms with E-state index in [9.17, 15) is 4.79 Å². The Labute approximate surface area is 79.8 Å². The molecule has 78 valence electrons. The lowest BCUT2D eigenvalue weighted by Crippen LogP contribution is -2.52. The summed E-state index contributed by atoms with van der Waals surface area (Å²) in [6, 6.07) is -0.918. The second-order valence-corrected chi connectivity index (χ2v) is 2.63. The van der Waals surface area contributed by atoms with Crippen molar-refractivity contribution in [2.45, 2.75) is 12.1 Å². The number of aliphatic carboxylic acids is 1. The zero-order valence-electron chi connectivity index (χ0n) is 6.64. The van der Waals surface area contributed by atoms with Gasteiger partial charge in [0.15, 0.2) is 0 Å². The molecule has 0 radical (unpaired) electrons. The summed E-state index contributed by atoms with van der Waals surface area (Å²) in [5.74, 6) is -1.07. The smallest absolute Gasteiger partial charge is 0.344 e. The van der Waals surface area contributed by atoms with Gasteiger partial charge in [0.1, 0.15) is 6.04 Å². The average molecular weight is 212 g/mol. The molecule has 0 aromatic heterocycles. The van der Waals surface area contributed by atoms with Crippen LogP contribution in [0.25, 0.3) is 0 Å². The summed E-state index contributed by atoms with van der Waals surface area (Å²) in [6.45, 7) is -0.277. The van der Waals surface area contributed by atoms with Crippen molar-refractivity contribution in [3.63, 3.8) is 0 Å². The summed E-state index contributed by atoms with van der Waals surface area (Å²) in [6.07, 6.45) is -3.01. The number of hydrogen-bond donors (Lipinski definition) is 7. The highest BCUT2D eigenvalue weighted by Crippen LogP contribution is 1.88. The number of carboxylic acids is 1. The fourth-order valence-corrected chi connectivity index (χ4v) is 0.808. The summed E-state index contributed by atoms with van der Waals surface area (Å²) in [4.78, 5) is 10.4. The highest BCUT2D eigenvalue weighted by Gasteiger charge is 2.19. The van der Waals surface area contributed by atoms with Crippen LogP contribution >= 0.6 is 12.6 Å². The van der Waals surface area contributed by atoms with Gasteiger partial charge < -0.3 is 20.4 Å². The van der Waals surface area contributed by atoms with Crippen molar-refractivity contribution in [2.75, 3.05) is 12.4 Å². The van der Waals surface area contributed by atoms with Gasteiger partial charge in [-0.15, -0.1) is 0 Å². The molecule has 0 aliphatic carbocycles. The Morgan fingerprint density at radius 3 is 2.31 bits per heavy atom. The number of hydrogen-bond acceptors (Lipinski definition) is 7. The summed E-state index contributed by atoms with van der Waals surface area (Å²) in [5.41, 5.74) is 0. The minimum atomic E-state index is -3.01. The Balaban J connectivity index is 3.68. The van der Waals surface area contributed by atoms with Crippen LogP contribution in [0.5, 0.6) is 0 Å². The van der Waals surface area contributed by atoms with E-state index in [2.05, 4.69) is 17.9 Å². The number of nitrogens with one attached hydrogen (secondary N) is 2. The lowest BCUT2D eigenvalue weighted by atomic mass is 10.3. The number of aliphatic hydroxyl groups is 3. The van der Waals surface area contributed by atoms with Gasteiger partial charge in [0, 0.05) is 5.75 Å². The maximum Gasteiger partial charge on any atom is 0.344 e. The second-order valence-electron chi connectivity index (χ2n) is 2.27. The monoisotopic (exact) mass is 212 g/mol. The molecule has 8 heteroatoms. The minimum Gasteiger partial charge on any atom is -0.480 e.